The van der Waals surface area contributed by atoms with Crippen molar-refractivity contribution in [1.82, 2.24) is 0 Å². The number of hydrogen-bond donors (Lipinski definition) is 2. The van der Waals surface area contributed by atoms with Crippen LogP contribution in [0.1, 0.15) is 44.8 Å². The number of anilines is 1. The van der Waals surface area contributed by atoms with E-state index in [1.54, 1.807) is 11.8 Å². The van der Waals surface area contributed by atoms with Crippen molar-refractivity contribution in [3.05, 3.63) is 51.4 Å². The van der Waals surface area contributed by atoms with Crippen LogP contribution in [0.15, 0.2) is 24.3 Å². The summed E-state index contributed by atoms with van der Waals surface area (Å²) >= 11 is 3.08. The molecule has 0 saturated carbocycles. The van der Waals surface area contributed by atoms with E-state index in [9.17, 15) is 9.59 Å². The second-order valence-electron chi connectivity index (χ2n) is 6.25. The van der Waals surface area contributed by atoms with Gasteiger partial charge in [0.2, 0.25) is 5.91 Å². The first-order valence-corrected chi connectivity index (χ1v) is 10.4. The summed E-state index contributed by atoms with van der Waals surface area (Å²) in [6, 6.07) is 8.18. The summed E-state index contributed by atoms with van der Waals surface area (Å²) in [6.07, 6.45) is 4.05. The molecule has 0 aliphatic heterocycles. The molecule has 0 fully saturated rings. The lowest BCUT2D eigenvalue weighted by atomic mass is 9.95. The van der Waals surface area contributed by atoms with Crippen molar-refractivity contribution in [1.29, 1.82) is 0 Å². The van der Waals surface area contributed by atoms with Crippen molar-refractivity contribution in [3.8, 4) is 0 Å². The fourth-order valence-electron chi connectivity index (χ4n) is 3.10. The van der Waals surface area contributed by atoms with E-state index >= 15 is 0 Å². The Morgan fingerprint density at radius 2 is 2.00 bits per heavy atom. The quantitative estimate of drug-likeness (QED) is 0.805. The second kappa shape index (κ2) is 8.06. The number of thiophene rings is 1. The number of hydrogen-bond acceptors (Lipinski definition) is 4. The average molecular weight is 375 g/mol. The summed E-state index contributed by atoms with van der Waals surface area (Å²) in [4.78, 5) is 25.3. The third-order valence-electron chi connectivity index (χ3n) is 4.42. The first kappa shape index (κ1) is 18.0. The molecule has 1 aliphatic carbocycles. The van der Waals surface area contributed by atoms with Gasteiger partial charge in [-0.2, -0.15) is 0 Å². The monoisotopic (exact) mass is 374 g/mol. The minimum atomic E-state index is -0.442. The van der Waals surface area contributed by atoms with Gasteiger partial charge in [0.15, 0.2) is 0 Å². The third-order valence-corrected chi connectivity index (χ3v) is 6.61. The normalized spacial score (nSPS) is 13.3. The highest BCUT2D eigenvalue weighted by molar-refractivity contribution is 7.99. The second-order valence-corrected chi connectivity index (χ2v) is 8.34. The zero-order valence-corrected chi connectivity index (χ0v) is 15.9. The minimum Gasteiger partial charge on any atom is -0.365 e. The number of amides is 2. The summed E-state index contributed by atoms with van der Waals surface area (Å²) in [5, 5.41) is 3.53. The van der Waals surface area contributed by atoms with Gasteiger partial charge in [0, 0.05) is 10.6 Å². The van der Waals surface area contributed by atoms with Crippen molar-refractivity contribution in [2.75, 3.05) is 11.1 Å². The maximum Gasteiger partial charge on any atom is 0.251 e. The fourth-order valence-corrected chi connectivity index (χ4v) is 5.32. The number of primary amides is 1. The molecule has 0 unspecified atom stereocenters. The van der Waals surface area contributed by atoms with Gasteiger partial charge in [-0.3, -0.25) is 9.59 Å². The number of carbonyl (C=O) groups excluding carboxylic acids is 2. The maximum atomic E-state index is 12.3. The molecule has 1 aromatic carbocycles. The Morgan fingerprint density at radius 1 is 1.24 bits per heavy atom. The fraction of sp³-hybridized carbons (Fsp3) is 0.368. The Labute approximate surface area is 156 Å². The van der Waals surface area contributed by atoms with Crippen molar-refractivity contribution in [3.63, 3.8) is 0 Å². The summed E-state index contributed by atoms with van der Waals surface area (Å²) in [5.74, 6) is 0.626. The van der Waals surface area contributed by atoms with Gasteiger partial charge in [0.1, 0.15) is 5.00 Å². The van der Waals surface area contributed by atoms with Gasteiger partial charge in [0.25, 0.3) is 5.91 Å². The molecule has 1 aliphatic rings. The topological polar surface area (TPSA) is 72.2 Å². The average Bonchev–Trinajstić information content (AvgIpc) is 2.94. The molecule has 6 heteroatoms. The largest absolute Gasteiger partial charge is 0.365 e. The SMILES string of the molecule is Cc1ccccc1CSCC(=O)Nc1sc2c(c1C(N)=O)CCCC2. The lowest BCUT2D eigenvalue weighted by molar-refractivity contribution is -0.113. The molecule has 132 valence electrons. The number of nitrogens with one attached hydrogen (secondary N) is 1. The molecule has 0 saturated heterocycles. The molecule has 3 N–H and O–H groups in total. The van der Waals surface area contributed by atoms with Crippen LogP contribution < -0.4 is 11.1 Å². The van der Waals surface area contributed by atoms with E-state index in [-0.39, 0.29) is 5.91 Å². The van der Waals surface area contributed by atoms with E-state index in [0.29, 0.717) is 16.3 Å². The highest BCUT2D eigenvalue weighted by Gasteiger charge is 2.24. The highest BCUT2D eigenvalue weighted by atomic mass is 32.2. The lowest BCUT2D eigenvalue weighted by Gasteiger charge is -2.11. The van der Waals surface area contributed by atoms with Crippen LogP contribution in [0.3, 0.4) is 0 Å². The van der Waals surface area contributed by atoms with Gasteiger partial charge in [-0.05, 0) is 49.3 Å². The predicted molar refractivity (Wildman–Crippen MR) is 105 cm³/mol. The van der Waals surface area contributed by atoms with Crippen LogP contribution in [0.4, 0.5) is 5.00 Å². The molecule has 2 amide bonds. The van der Waals surface area contributed by atoms with Crippen LogP contribution in [0.25, 0.3) is 0 Å². The third kappa shape index (κ3) is 4.25. The zero-order valence-electron chi connectivity index (χ0n) is 14.3. The van der Waals surface area contributed by atoms with Crippen molar-refractivity contribution in [2.24, 2.45) is 5.73 Å². The smallest absolute Gasteiger partial charge is 0.251 e. The molecular formula is C19H22N2O2S2. The molecule has 0 atom stereocenters. The number of aryl methyl sites for hydroxylation is 2. The molecule has 0 radical (unpaired) electrons. The van der Waals surface area contributed by atoms with Gasteiger partial charge < -0.3 is 11.1 Å². The summed E-state index contributed by atoms with van der Waals surface area (Å²) in [7, 11) is 0. The van der Waals surface area contributed by atoms with Crippen molar-refractivity contribution >= 4 is 39.9 Å². The Balaban J connectivity index is 1.62. The van der Waals surface area contributed by atoms with Gasteiger partial charge in [0.05, 0.1) is 11.3 Å². The molecule has 2 aromatic rings. The first-order valence-electron chi connectivity index (χ1n) is 8.42. The molecular weight excluding hydrogens is 352 g/mol. The molecule has 25 heavy (non-hydrogen) atoms. The van der Waals surface area contributed by atoms with Crippen LogP contribution in [-0.4, -0.2) is 17.6 Å². The van der Waals surface area contributed by atoms with Crippen LogP contribution in [0, 0.1) is 6.92 Å². The van der Waals surface area contributed by atoms with E-state index in [1.165, 1.54) is 27.3 Å². The first-order chi connectivity index (χ1) is 12.1. The highest BCUT2D eigenvalue weighted by Crippen LogP contribution is 2.37. The molecule has 0 spiro atoms. The predicted octanol–water partition coefficient (Wildman–Crippen LogP) is 3.91. The number of carbonyl (C=O) groups is 2. The Hall–Kier alpha value is -1.79. The molecule has 1 heterocycles. The molecule has 1 aromatic heterocycles. The number of rotatable bonds is 6. The van der Waals surface area contributed by atoms with E-state index in [4.69, 9.17) is 5.73 Å². The Kier molecular flexibility index (Phi) is 5.81. The van der Waals surface area contributed by atoms with Crippen LogP contribution >= 0.6 is 23.1 Å². The maximum absolute atomic E-state index is 12.3. The standard InChI is InChI=1S/C19H22N2O2S2/c1-12-6-2-3-7-13(12)10-24-11-16(22)21-19-17(18(20)23)14-8-4-5-9-15(14)25-19/h2-3,6-7H,4-5,8-11H2,1H3,(H2,20,23)(H,21,22). The van der Waals surface area contributed by atoms with Crippen LogP contribution in [0.2, 0.25) is 0 Å². The van der Waals surface area contributed by atoms with Crippen LogP contribution in [0.5, 0.6) is 0 Å². The van der Waals surface area contributed by atoms with Crippen molar-refractivity contribution < 1.29 is 9.59 Å². The van der Waals surface area contributed by atoms with E-state index in [2.05, 4.69) is 24.4 Å². The van der Waals surface area contributed by atoms with Gasteiger partial charge in [-0.1, -0.05) is 24.3 Å². The van der Waals surface area contributed by atoms with Gasteiger partial charge in [-0.25, -0.2) is 0 Å². The van der Waals surface area contributed by atoms with E-state index < -0.39 is 5.91 Å². The number of nitrogens with two attached hydrogens (primary N) is 1. The number of fused-ring (bicyclic) bond motifs is 1. The minimum absolute atomic E-state index is 0.0836. The molecule has 3 rings (SSSR count). The Morgan fingerprint density at radius 3 is 2.76 bits per heavy atom. The van der Waals surface area contributed by atoms with Gasteiger partial charge >= 0.3 is 0 Å². The molecule has 0 bridgehead atoms. The van der Waals surface area contributed by atoms with E-state index in [1.807, 2.05) is 12.1 Å². The van der Waals surface area contributed by atoms with Crippen LogP contribution in [-0.2, 0) is 23.4 Å². The zero-order chi connectivity index (χ0) is 17.8. The van der Waals surface area contributed by atoms with E-state index in [0.717, 1.165) is 37.0 Å². The van der Waals surface area contributed by atoms with Gasteiger partial charge in [-0.15, -0.1) is 23.1 Å². The lowest BCUT2D eigenvalue weighted by Crippen LogP contribution is -2.19. The molecule has 4 nitrogen and oxygen atoms in total. The number of thioether (sulfide) groups is 1. The Bertz CT molecular complexity index is 799. The van der Waals surface area contributed by atoms with Crippen molar-refractivity contribution in [2.45, 2.75) is 38.4 Å². The summed E-state index contributed by atoms with van der Waals surface area (Å²) < 4.78 is 0. The summed E-state index contributed by atoms with van der Waals surface area (Å²) in [5.41, 5.74) is 9.61. The summed E-state index contributed by atoms with van der Waals surface area (Å²) in [6.45, 7) is 2.07. The number of benzene rings is 1.